The fourth-order valence-corrected chi connectivity index (χ4v) is 6.01. The van der Waals surface area contributed by atoms with Gasteiger partial charge in [0.1, 0.15) is 5.75 Å². The number of rotatable bonds is 8. The van der Waals surface area contributed by atoms with Crippen LogP contribution in [-0.4, -0.2) is 34.1 Å². The van der Waals surface area contributed by atoms with Crippen molar-refractivity contribution >= 4 is 32.3 Å². The number of sulfone groups is 1. The number of carbonyl (C=O) groups excluding carboxylic acids is 1. The summed E-state index contributed by atoms with van der Waals surface area (Å²) in [4.78, 5) is 21.3. The summed E-state index contributed by atoms with van der Waals surface area (Å²) in [5, 5.41) is 7.49. The summed E-state index contributed by atoms with van der Waals surface area (Å²) in [7, 11) is -3.74. The molecule has 0 atom stereocenters. The van der Waals surface area contributed by atoms with Gasteiger partial charge in [0.2, 0.25) is 5.91 Å². The Labute approximate surface area is 249 Å². The first kappa shape index (κ1) is 29.8. The Bertz CT molecular complexity index is 1920. The molecule has 0 saturated carbocycles. The highest BCUT2D eigenvalue weighted by molar-refractivity contribution is 7.90. The Kier molecular flexibility index (Phi) is 8.02. The molecule has 0 saturated heterocycles. The number of nitrogens with zero attached hydrogens (tertiary/aromatic N) is 4. The Hall–Kier alpha value is -4.64. The molecule has 2 aromatic carbocycles. The van der Waals surface area contributed by atoms with Crippen molar-refractivity contribution in [2.45, 2.75) is 57.2 Å². The Morgan fingerprint density at radius 1 is 1.02 bits per heavy atom. The molecule has 9 nitrogen and oxygen atoms in total. The maximum Gasteiger partial charge on any atom is 0.228 e. The van der Waals surface area contributed by atoms with Gasteiger partial charge in [0.25, 0.3) is 0 Å². The van der Waals surface area contributed by atoms with E-state index in [9.17, 15) is 13.2 Å². The van der Waals surface area contributed by atoms with Crippen molar-refractivity contribution in [1.29, 1.82) is 0 Å². The van der Waals surface area contributed by atoms with Crippen LogP contribution in [0, 0.1) is 19.7 Å². The smallest absolute Gasteiger partial charge is 0.228 e. The maximum absolute atomic E-state index is 15.4. The van der Waals surface area contributed by atoms with Gasteiger partial charge in [0, 0.05) is 24.0 Å². The van der Waals surface area contributed by atoms with Crippen molar-refractivity contribution < 1.29 is 22.3 Å². The number of anilines is 1. The lowest BCUT2D eigenvalue weighted by atomic mass is 10.1. The number of fused-ring (bicyclic) bond motifs is 1. The molecule has 1 amide bonds. The lowest BCUT2D eigenvalue weighted by Gasteiger charge is -2.18. The van der Waals surface area contributed by atoms with E-state index in [0.717, 1.165) is 5.56 Å². The van der Waals surface area contributed by atoms with Crippen LogP contribution in [0.25, 0.3) is 10.9 Å². The third-order valence-corrected chi connectivity index (χ3v) is 8.52. The molecular formula is C32H32FN5O4S. The van der Waals surface area contributed by atoms with Gasteiger partial charge in [-0.1, -0.05) is 12.1 Å². The zero-order valence-electron chi connectivity index (χ0n) is 24.6. The predicted molar refractivity (Wildman–Crippen MR) is 162 cm³/mol. The summed E-state index contributed by atoms with van der Waals surface area (Å²) in [6.45, 7) is 9.50. The topological polar surface area (TPSA) is 116 Å². The number of ether oxygens (including phenoxy) is 1. The molecule has 5 aromatic rings. The van der Waals surface area contributed by atoms with Gasteiger partial charge in [-0.25, -0.2) is 12.8 Å². The molecule has 0 spiro atoms. The number of aryl methyl sites for hydroxylation is 2. The second kappa shape index (κ2) is 11.6. The SMILES string of the molecule is Cc1cccnc1CS(=O)(=O)c1ccc2nccc(Oc3c(C)cc(CC(=O)Nc4cnn(C(C)(C)C)c4)cc3F)c2c1. The minimum absolute atomic E-state index is 0.0273. The Morgan fingerprint density at radius 3 is 2.51 bits per heavy atom. The fraction of sp³-hybridized carbons (Fsp3) is 0.250. The standard InChI is InChI=1S/C32H32FN5O4S/c1-20-7-6-11-34-28(20)19-43(40,41)24-8-9-27-25(16-24)29(10-12-35-27)42-31-21(2)13-22(14-26(31)33)15-30(39)37-23-17-36-38(18-23)32(3,4)5/h6-14,16-18H,15,19H2,1-5H3,(H,37,39). The first-order chi connectivity index (χ1) is 20.3. The molecule has 3 heterocycles. The van der Waals surface area contributed by atoms with Gasteiger partial charge in [-0.3, -0.25) is 19.4 Å². The molecule has 0 fully saturated rings. The van der Waals surface area contributed by atoms with Crippen LogP contribution in [0.2, 0.25) is 0 Å². The number of hydrogen-bond donors (Lipinski definition) is 1. The first-order valence-electron chi connectivity index (χ1n) is 13.6. The van der Waals surface area contributed by atoms with Crippen LogP contribution in [0.1, 0.15) is 43.2 Å². The van der Waals surface area contributed by atoms with Gasteiger partial charge in [0.05, 0.1) is 45.7 Å². The lowest BCUT2D eigenvalue weighted by molar-refractivity contribution is -0.115. The van der Waals surface area contributed by atoms with Crippen LogP contribution in [0.15, 0.2) is 78.2 Å². The summed E-state index contributed by atoms with van der Waals surface area (Å²) < 4.78 is 49.7. The average Bonchev–Trinajstić information content (AvgIpc) is 3.41. The summed E-state index contributed by atoms with van der Waals surface area (Å²) in [6, 6.07) is 12.6. The second-order valence-electron chi connectivity index (χ2n) is 11.4. The number of carbonyl (C=O) groups is 1. The number of aromatic nitrogens is 4. The lowest BCUT2D eigenvalue weighted by Crippen LogP contribution is -2.22. The summed E-state index contributed by atoms with van der Waals surface area (Å²) in [6.07, 6.45) is 6.34. The van der Waals surface area contributed by atoms with Crippen molar-refractivity contribution in [2.24, 2.45) is 0 Å². The van der Waals surface area contributed by atoms with Crippen LogP contribution in [-0.2, 0) is 32.3 Å². The molecular weight excluding hydrogens is 569 g/mol. The highest BCUT2D eigenvalue weighted by Crippen LogP contribution is 2.35. The minimum atomic E-state index is -3.74. The first-order valence-corrected chi connectivity index (χ1v) is 15.3. The van der Waals surface area contributed by atoms with Crippen LogP contribution in [0.3, 0.4) is 0 Å². The van der Waals surface area contributed by atoms with E-state index in [1.54, 1.807) is 54.5 Å². The van der Waals surface area contributed by atoms with Gasteiger partial charge < -0.3 is 10.1 Å². The van der Waals surface area contributed by atoms with Crippen LogP contribution < -0.4 is 10.1 Å². The van der Waals surface area contributed by atoms with Crippen LogP contribution in [0.5, 0.6) is 11.5 Å². The van der Waals surface area contributed by atoms with Gasteiger partial charge in [-0.15, -0.1) is 0 Å². The number of halogens is 1. The van der Waals surface area contributed by atoms with E-state index >= 15 is 4.39 Å². The molecule has 1 N–H and O–H groups in total. The van der Waals surface area contributed by atoms with E-state index in [-0.39, 0.29) is 40.0 Å². The highest BCUT2D eigenvalue weighted by atomic mass is 32.2. The van der Waals surface area contributed by atoms with Crippen molar-refractivity contribution in [3.8, 4) is 11.5 Å². The molecule has 11 heteroatoms. The highest BCUT2D eigenvalue weighted by Gasteiger charge is 2.21. The molecule has 0 aliphatic heterocycles. The van der Waals surface area contributed by atoms with Crippen LogP contribution in [0.4, 0.5) is 10.1 Å². The molecule has 0 aliphatic carbocycles. The van der Waals surface area contributed by atoms with Gasteiger partial charge in [-0.2, -0.15) is 5.10 Å². The predicted octanol–water partition coefficient (Wildman–Crippen LogP) is 6.28. The van der Waals surface area contributed by atoms with E-state index in [1.165, 1.54) is 24.4 Å². The molecule has 0 radical (unpaired) electrons. The largest absolute Gasteiger partial charge is 0.453 e. The van der Waals surface area contributed by atoms with Crippen molar-refractivity contribution in [2.75, 3.05) is 5.32 Å². The van der Waals surface area contributed by atoms with Crippen molar-refractivity contribution in [1.82, 2.24) is 19.7 Å². The van der Waals surface area contributed by atoms with E-state index in [0.29, 0.717) is 33.4 Å². The molecule has 3 aromatic heterocycles. The average molecular weight is 602 g/mol. The van der Waals surface area contributed by atoms with E-state index in [4.69, 9.17) is 4.74 Å². The minimum Gasteiger partial charge on any atom is -0.453 e. The molecule has 0 aliphatic rings. The zero-order chi connectivity index (χ0) is 30.9. The Morgan fingerprint density at radius 2 is 1.81 bits per heavy atom. The number of benzene rings is 2. The van der Waals surface area contributed by atoms with Crippen molar-refractivity contribution in [3.63, 3.8) is 0 Å². The number of hydrogen-bond acceptors (Lipinski definition) is 7. The zero-order valence-corrected chi connectivity index (χ0v) is 25.4. The summed E-state index contributed by atoms with van der Waals surface area (Å²) in [5.74, 6) is -0.998. The number of nitrogens with one attached hydrogen (secondary N) is 1. The summed E-state index contributed by atoms with van der Waals surface area (Å²) >= 11 is 0. The third-order valence-electron chi connectivity index (χ3n) is 6.90. The maximum atomic E-state index is 15.4. The molecule has 43 heavy (non-hydrogen) atoms. The van der Waals surface area contributed by atoms with Gasteiger partial charge in [-0.05, 0) is 87.7 Å². The summed E-state index contributed by atoms with van der Waals surface area (Å²) in [5.41, 5.74) is 3.01. The molecule has 222 valence electrons. The van der Waals surface area contributed by atoms with E-state index < -0.39 is 15.7 Å². The monoisotopic (exact) mass is 601 g/mol. The van der Waals surface area contributed by atoms with Crippen molar-refractivity contribution in [3.05, 3.63) is 102 Å². The molecule has 0 unspecified atom stereocenters. The fourth-order valence-electron chi connectivity index (χ4n) is 4.60. The Balaban J connectivity index is 1.37. The number of amides is 1. The van der Waals surface area contributed by atoms with Crippen LogP contribution >= 0.6 is 0 Å². The number of pyridine rings is 2. The molecule has 0 bridgehead atoms. The van der Waals surface area contributed by atoms with Gasteiger partial charge in [0.15, 0.2) is 21.4 Å². The second-order valence-corrected chi connectivity index (χ2v) is 13.4. The van der Waals surface area contributed by atoms with Gasteiger partial charge >= 0.3 is 0 Å². The third kappa shape index (κ3) is 6.72. The van der Waals surface area contributed by atoms with E-state index in [2.05, 4.69) is 20.4 Å². The molecule has 5 rings (SSSR count). The van der Waals surface area contributed by atoms with E-state index in [1.807, 2.05) is 33.8 Å². The quantitative estimate of drug-likeness (QED) is 0.222. The normalized spacial score (nSPS) is 12.0.